The van der Waals surface area contributed by atoms with Crippen molar-refractivity contribution in [3.63, 3.8) is 0 Å². The predicted molar refractivity (Wildman–Crippen MR) is 108 cm³/mol. The van der Waals surface area contributed by atoms with Gasteiger partial charge in [0.05, 0.1) is 11.8 Å². The van der Waals surface area contributed by atoms with E-state index in [1.807, 2.05) is 31.7 Å². The number of rotatable bonds is 4. The van der Waals surface area contributed by atoms with E-state index in [4.69, 9.17) is 9.93 Å². The van der Waals surface area contributed by atoms with Crippen molar-refractivity contribution in [2.45, 2.75) is 57.9 Å². The molecule has 0 N–H and O–H groups in total. The van der Waals surface area contributed by atoms with Crippen LogP contribution in [-0.2, 0) is 12.0 Å². The average molecular weight is 388 g/mol. The lowest BCUT2D eigenvalue weighted by molar-refractivity contribution is 0.102. The number of hydrogen-bond acceptors (Lipinski definition) is 6. The van der Waals surface area contributed by atoms with Crippen LogP contribution in [0.15, 0.2) is 17.2 Å². The van der Waals surface area contributed by atoms with Gasteiger partial charge >= 0.3 is 0 Å². The Morgan fingerprint density at radius 2 is 1.96 bits per heavy atom. The van der Waals surface area contributed by atoms with E-state index in [2.05, 4.69) is 25.9 Å². The van der Waals surface area contributed by atoms with Gasteiger partial charge in [0.15, 0.2) is 12.1 Å². The molecule has 1 aliphatic rings. The third-order valence-electron chi connectivity index (χ3n) is 5.16. The molecule has 0 fully saturated rings. The Morgan fingerprint density at radius 3 is 2.56 bits per heavy atom. The first-order chi connectivity index (χ1) is 12.8. The zero-order chi connectivity index (χ0) is 20.4. The summed E-state index contributed by atoms with van der Waals surface area (Å²) < 4.78 is 1.57. The SMILES string of the molecule is CCn1ncc(C(=O)c2cc(C)c3c(c2C)C(C)(C)CCS3)c1C=O.O=O. The van der Waals surface area contributed by atoms with Gasteiger partial charge in [-0.05, 0) is 61.1 Å². The monoisotopic (exact) mass is 388 g/mol. The summed E-state index contributed by atoms with van der Waals surface area (Å²) in [4.78, 5) is 40.0. The molecular formula is C20H24N2O4S. The number of aromatic nitrogens is 2. The second-order valence-corrected chi connectivity index (χ2v) is 8.36. The standard InChI is InChI=1S/C20H24N2O2S.O2/c1-6-22-16(11-23)15(10-21-22)18(24)14-9-12(2)19-17(13(14)3)20(4,5)7-8-25-19;1-2/h9-11H,6-8H2,1-5H3;. The minimum absolute atomic E-state index is 0.0484. The van der Waals surface area contributed by atoms with Crippen LogP contribution in [0.25, 0.3) is 0 Å². The minimum atomic E-state index is -0.114. The second-order valence-electron chi connectivity index (χ2n) is 7.26. The molecule has 27 heavy (non-hydrogen) atoms. The molecule has 2 aromatic rings. The van der Waals surface area contributed by atoms with Gasteiger partial charge < -0.3 is 0 Å². The number of aldehydes is 1. The van der Waals surface area contributed by atoms with Crippen LogP contribution in [0.4, 0.5) is 0 Å². The zero-order valence-electron chi connectivity index (χ0n) is 16.3. The molecule has 2 heterocycles. The van der Waals surface area contributed by atoms with E-state index >= 15 is 0 Å². The Kier molecular flexibility index (Phi) is 6.36. The van der Waals surface area contributed by atoms with Crippen LogP contribution >= 0.6 is 11.8 Å². The van der Waals surface area contributed by atoms with E-state index in [9.17, 15) is 9.59 Å². The molecule has 7 heteroatoms. The highest BCUT2D eigenvalue weighted by molar-refractivity contribution is 7.99. The number of ketones is 1. The van der Waals surface area contributed by atoms with E-state index in [1.54, 1.807) is 4.68 Å². The van der Waals surface area contributed by atoms with Gasteiger partial charge in [-0.15, -0.1) is 11.8 Å². The summed E-state index contributed by atoms with van der Waals surface area (Å²) in [5.41, 5.74) is 4.93. The molecule has 0 unspecified atom stereocenters. The highest BCUT2D eigenvalue weighted by Gasteiger charge is 2.33. The fourth-order valence-corrected chi connectivity index (χ4v) is 5.43. The number of benzene rings is 1. The lowest BCUT2D eigenvalue weighted by atomic mass is 9.77. The maximum Gasteiger partial charge on any atom is 0.197 e. The van der Waals surface area contributed by atoms with Crippen molar-refractivity contribution in [2.75, 3.05) is 5.75 Å². The number of thioether (sulfide) groups is 1. The first kappa shape index (κ1) is 21.0. The molecular weight excluding hydrogens is 364 g/mol. The molecule has 144 valence electrons. The van der Waals surface area contributed by atoms with E-state index in [0.717, 1.165) is 29.6 Å². The molecule has 0 spiro atoms. The van der Waals surface area contributed by atoms with Crippen molar-refractivity contribution in [3.8, 4) is 0 Å². The van der Waals surface area contributed by atoms with Gasteiger partial charge in [-0.3, -0.25) is 14.3 Å². The van der Waals surface area contributed by atoms with E-state index in [0.29, 0.717) is 23.4 Å². The fraction of sp³-hybridized carbons (Fsp3) is 0.450. The summed E-state index contributed by atoms with van der Waals surface area (Å²) in [7, 11) is 0. The van der Waals surface area contributed by atoms with Gasteiger partial charge in [0.25, 0.3) is 0 Å². The Labute approximate surface area is 162 Å². The van der Waals surface area contributed by atoms with E-state index < -0.39 is 0 Å². The second kappa shape index (κ2) is 8.17. The molecule has 0 atom stereocenters. The lowest BCUT2D eigenvalue weighted by Gasteiger charge is -2.35. The maximum absolute atomic E-state index is 13.2. The Bertz CT molecular complexity index is 887. The largest absolute Gasteiger partial charge is 0.296 e. The third kappa shape index (κ3) is 3.60. The zero-order valence-corrected chi connectivity index (χ0v) is 17.1. The van der Waals surface area contributed by atoms with Crippen LogP contribution in [0.1, 0.15) is 70.3 Å². The first-order valence-electron chi connectivity index (χ1n) is 8.81. The molecule has 0 saturated carbocycles. The molecule has 1 aliphatic heterocycles. The quantitative estimate of drug-likeness (QED) is 0.570. The summed E-state index contributed by atoms with van der Waals surface area (Å²) >= 11 is 1.88. The Morgan fingerprint density at radius 1 is 1.30 bits per heavy atom. The van der Waals surface area contributed by atoms with Crippen LogP contribution in [0.5, 0.6) is 0 Å². The van der Waals surface area contributed by atoms with Crippen LogP contribution < -0.4 is 0 Å². The van der Waals surface area contributed by atoms with Crippen LogP contribution in [0.2, 0.25) is 0 Å². The fourth-order valence-electron chi connectivity index (χ4n) is 3.75. The van der Waals surface area contributed by atoms with Crippen LogP contribution in [0, 0.1) is 23.8 Å². The summed E-state index contributed by atoms with van der Waals surface area (Å²) in [6.45, 7) is 11.1. The predicted octanol–water partition coefficient (Wildman–Crippen LogP) is 4.40. The van der Waals surface area contributed by atoms with Gasteiger partial charge in [0.2, 0.25) is 0 Å². The van der Waals surface area contributed by atoms with Gasteiger partial charge in [-0.1, -0.05) is 13.8 Å². The van der Waals surface area contributed by atoms with Crippen molar-refractivity contribution in [3.05, 3.63) is 55.7 Å². The molecule has 3 rings (SSSR count). The number of carbonyl (C=O) groups excluding carboxylic acids is 2. The van der Waals surface area contributed by atoms with E-state index in [-0.39, 0.29) is 11.2 Å². The normalized spacial score (nSPS) is 14.7. The number of nitrogens with zero attached hydrogens (tertiary/aromatic N) is 2. The summed E-state index contributed by atoms with van der Waals surface area (Å²) in [6, 6.07) is 1.97. The van der Waals surface area contributed by atoms with Crippen molar-refractivity contribution in [1.29, 1.82) is 0 Å². The van der Waals surface area contributed by atoms with Crippen molar-refractivity contribution >= 4 is 23.8 Å². The van der Waals surface area contributed by atoms with Crippen LogP contribution in [-0.4, -0.2) is 27.6 Å². The first-order valence-corrected chi connectivity index (χ1v) is 9.80. The number of aryl methyl sites for hydroxylation is 2. The molecule has 0 radical (unpaired) electrons. The average Bonchev–Trinajstić information content (AvgIpc) is 3.08. The van der Waals surface area contributed by atoms with Gasteiger partial charge in [0.1, 0.15) is 5.69 Å². The summed E-state index contributed by atoms with van der Waals surface area (Å²) in [5.74, 6) is 0.989. The lowest BCUT2D eigenvalue weighted by Crippen LogP contribution is -2.26. The summed E-state index contributed by atoms with van der Waals surface area (Å²) in [5, 5.41) is 4.18. The molecule has 1 aromatic carbocycles. The highest BCUT2D eigenvalue weighted by atomic mass is 32.2. The molecule has 0 amide bonds. The topological polar surface area (TPSA) is 86.1 Å². The van der Waals surface area contributed by atoms with Crippen molar-refractivity contribution < 1.29 is 9.59 Å². The van der Waals surface area contributed by atoms with E-state index in [1.165, 1.54) is 16.7 Å². The molecule has 6 nitrogen and oxygen atoms in total. The van der Waals surface area contributed by atoms with Crippen molar-refractivity contribution in [2.24, 2.45) is 0 Å². The number of hydrogen-bond donors (Lipinski definition) is 0. The Balaban J connectivity index is 0.00000126. The van der Waals surface area contributed by atoms with Crippen molar-refractivity contribution in [1.82, 2.24) is 9.78 Å². The van der Waals surface area contributed by atoms with Gasteiger partial charge in [-0.25, -0.2) is 0 Å². The number of carbonyl (C=O) groups is 2. The number of fused-ring (bicyclic) bond motifs is 1. The highest BCUT2D eigenvalue weighted by Crippen LogP contribution is 2.45. The smallest absolute Gasteiger partial charge is 0.197 e. The van der Waals surface area contributed by atoms with Gasteiger partial charge in [-0.2, -0.15) is 5.10 Å². The molecule has 0 bridgehead atoms. The Hall–Kier alpha value is -2.28. The molecule has 0 saturated heterocycles. The minimum Gasteiger partial charge on any atom is -0.296 e. The maximum atomic E-state index is 13.2. The van der Waals surface area contributed by atoms with Gasteiger partial charge in [0, 0.05) is 26.9 Å². The summed E-state index contributed by atoms with van der Waals surface area (Å²) in [6.07, 6.45) is 3.34. The third-order valence-corrected chi connectivity index (χ3v) is 6.38. The molecule has 1 aromatic heterocycles. The van der Waals surface area contributed by atoms with Crippen LogP contribution in [0.3, 0.4) is 0 Å². The molecule has 0 aliphatic carbocycles.